The van der Waals surface area contributed by atoms with Crippen molar-refractivity contribution < 1.29 is 14.7 Å². The minimum Gasteiger partial charge on any atom is -0.481 e. The van der Waals surface area contributed by atoms with Gasteiger partial charge in [0.2, 0.25) is 0 Å². The minimum atomic E-state index is -0.904. The van der Waals surface area contributed by atoms with Crippen LogP contribution in [-0.2, 0) is 4.79 Å². The first-order valence-corrected chi connectivity index (χ1v) is 6.05. The number of carbonyl (C=O) groups excluding carboxylic acids is 1. The van der Waals surface area contributed by atoms with Crippen molar-refractivity contribution in [3.8, 4) is 0 Å². The summed E-state index contributed by atoms with van der Waals surface area (Å²) in [7, 11) is 1.61. The summed E-state index contributed by atoms with van der Waals surface area (Å²) in [6.07, 6.45) is 1.66. The molecule has 2 aromatic rings. The number of benzene rings is 1. The van der Waals surface area contributed by atoms with Crippen LogP contribution in [0.1, 0.15) is 17.3 Å². The summed E-state index contributed by atoms with van der Waals surface area (Å²) in [5.41, 5.74) is 1.46. The van der Waals surface area contributed by atoms with Crippen molar-refractivity contribution in [1.29, 1.82) is 0 Å². The largest absolute Gasteiger partial charge is 0.481 e. The van der Waals surface area contributed by atoms with Gasteiger partial charge in [-0.3, -0.25) is 9.59 Å². The predicted molar refractivity (Wildman–Crippen MR) is 72.1 cm³/mol. The summed E-state index contributed by atoms with van der Waals surface area (Å²) in [6.45, 7) is 1.77. The molecule has 5 heteroatoms. The van der Waals surface area contributed by atoms with Gasteiger partial charge in [0.25, 0.3) is 5.91 Å². The highest BCUT2D eigenvalue weighted by atomic mass is 16.4. The Morgan fingerprint density at radius 2 is 2.05 bits per heavy atom. The van der Waals surface area contributed by atoms with Crippen molar-refractivity contribution in [2.24, 2.45) is 5.92 Å². The third-order valence-electron chi connectivity index (χ3n) is 3.14. The number of aromatic nitrogens is 1. The summed E-state index contributed by atoms with van der Waals surface area (Å²) in [4.78, 5) is 27.6. The van der Waals surface area contributed by atoms with E-state index in [4.69, 9.17) is 5.11 Å². The average molecular weight is 260 g/mol. The van der Waals surface area contributed by atoms with Gasteiger partial charge in [-0.25, -0.2) is 0 Å². The molecule has 0 aliphatic rings. The van der Waals surface area contributed by atoms with Gasteiger partial charge in [-0.2, -0.15) is 0 Å². The molecule has 1 unspecified atom stereocenters. The van der Waals surface area contributed by atoms with Crippen molar-refractivity contribution in [3.05, 3.63) is 36.0 Å². The summed E-state index contributed by atoms with van der Waals surface area (Å²) >= 11 is 0. The fourth-order valence-corrected chi connectivity index (χ4v) is 2.03. The highest BCUT2D eigenvalue weighted by Crippen LogP contribution is 2.19. The maximum Gasteiger partial charge on any atom is 0.308 e. The minimum absolute atomic E-state index is 0.175. The third-order valence-corrected chi connectivity index (χ3v) is 3.14. The number of rotatable bonds is 4. The van der Waals surface area contributed by atoms with Gasteiger partial charge in [0.15, 0.2) is 0 Å². The van der Waals surface area contributed by atoms with Gasteiger partial charge in [-0.1, -0.05) is 25.1 Å². The Morgan fingerprint density at radius 1 is 1.37 bits per heavy atom. The number of amides is 1. The van der Waals surface area contributed by atoms with Crippen molar-refractivity contribution >= 4 is 22.8 Å². The molecule has 1 heterocycles. The van der Waals surface area contributed by atoms with E-state index in [0.29, 0.717) is 5.56 Å². The first-order valence-electron chi connectivity index (χ1n) is 6.05. The van der Waals surface area contributed by atoms with E-state index in [1.807, 2.05) is 24.3 Å². The van der Waals surface area contributed by atoms with Crippen LogP contribution in [0.5, 0.6) is 0 Å². The number of aromatic amines is 1. The number of carboxylic acid groups (broad SMARTS) is 1. The van der Waals surface area contributed by atoms with Crippen LogP contribution in [-0.4, -0.2) is 40.5 Å². The van der Waals surface area contributed by atoms with Gasteiger partial charge in [0.05, 0.1) is 11.5 Å². The second-order valence-electron chi connectivity index (χ2n) is 4.67. The van der Waals surface area contributed by atoms with E-state index >= 15 is 0 Å². The van der Waals surface area contributed by atoms with Gasteiger partial charge in [0, 0.05) is 30.7 Å². The molecule has 19 heavy (non-hydrogen) atoms. The molecule has 0 spiro atoms. The van der Waals surface area contributed by atoms with Gasteiger partial charge < -0.3 is 15.0 Å². The lowest BCUT2D eigenvalue weighted by atomic mass is 10.1. The van der Waals surface area contributed by atoms with Crippen LogP contribution < -0.4 is 0 Å². The van der Waals surface area contributed by atoms with Gasteiger partial charge in [0.1, 0.15) is 0 Å². The van der Waals surface area contributed by atoms with Crippen LogP contribution in [0.15, 0.2) is 30.5 Å². The van der Waals surface area contributed by atoms with Crippen LogP contribution in [0.3, 0.4) is 0 Å². The fourth-order valence-electron chi connectivity index (χ4n) is 2.03. The molecule has 0 radical (unpaired) electrons. The molecule has 0 saturated carbocycles. The molecule has 1 aromatic heterocycles. The molecule has 5 nitrogen and oxygen atoms in total. The van der Waals surface area contributed by atoms with Crippen molar-refractivity contribution in [1.82, 2.24) is 9.88 Å². The maximum absolute atomic E-state index is 12.3. The fraction of sp³-hybridized carbons (Fsp3) is 0.286. The highest BCUT2D eigenvalue weighted by Gasteiger charge is 2.20. The molecule has 2 N–H and O–H groups in total. The number of aliphatic carboxylic acids is 1. The molecule has 0 aliphatic heterocycles. The van der Waals surface area contributed by atoms with E-state index in [2.05, 4.69) is 4.98 Å². The van der Waals surface area contributed by atoms with Crippen LogP contribution >= 0.6 is 0 Å². The van der Waals surface area contributed by atoms with Crippen molar-refractivity contribution in [2.75, 3.05) is 13.6 Å². The van der Waals surface area contributed by atoms with E-state index in [1.165, 1.54) is 4.90 Å². The monoisotopic (exact) mass is 260 g/mol. The van der Waals surface area contributed by atoms with Crippen molar-refractivity contribution in [2.45, 2.75) is 6.92 Å². The number of fused-ring (bicyclic) bond motifs is 1. The Labute approximate surface area is 110 Å². The first-order chi connectivity index (χ1) is 9.00. The van der Waals surface area contributed by atoms with E-state index in [9.17, 15) is 9.59 Å². The smallest absolute Gasteiger partial charge is 0.308 e. The van der Waals surface area contributed by atoms with E-state index in [0.717, 1.165) is 10.9 Å². The highest BCUT2D eigenvalue weighted by molar-refractivity contribution is 6.06. The quantitative estimate of drug-likeness (QED) is 0.882. The number of para-hydroxylation sites is 1. The molecule has 0 aliphatic carbocycles. The molecule has 0 fully saturated rings. The third kappa shape index (κ3) is 2.59. The lowest BCUT2D eigenvalue weighted by Crippen LogP contribution is -2.33. The Hall–Kier alpha value is -2.30. The second kappa shape index (κ2) is 5.14. The topological polar surface area (TPSA) is 73.4 Å². The van der Waals surface area contributed by atoms with E-state index < -0.39 is 11.9 Å². The normalized spacial score (nSPS) is 12.3. The second-order valence-corrected chi connectivity index (χ2v) is 4.67. The zero-order valence-corrected chi connectivity index (χ0v) is 10.9. The summed E-state index contributed by atoms with van der Waals surface area (Å²) in [5.74, 6) is -1.66. The standard InChI is InChI=1S/C14H16N2O3/c1-9(14(18)19)8-16(2)13(17)11-7-15-12-6-4-3-5-10(11)12/h3-7,9,15H,8H2,1-2H3,(H,18,19). The van der Waals surface area contributed by atoms with Crippen LogP contribution in [0.2, 0.25) is 0 Å². The lowest BCUT2D eigenvalue weighted by molar-refractivity contribution is -0.141. The van der Waals surface area contributed by atoms with E-state index in [-0.39, 0.29) is 12.5 Å². The summed E-state index contributed by atoms with van der Waals surface area (Å²) in [5, 5.41) is 9.72. The SMILES string of the molecule is CC(CN(C)C(=O)c1c[nH]c2ccccc12)C(=O)O. The van der Waals surface area contributed by atoms with Crippen LogP contribution in [0, 0.1) is 5.92 Å². The molecule has 1 atom stereocenters. The molecule has 2 rings (SSSR count). The Balaban J connectivity index is 2.22. The zero-order chi connectivity index (χ0) is 14.0. The van der Waals surface area contributed by atoms with Gasteiger partial charge >= 0.3 is 5.97 Å². The van der Waals surface area contributed by atoms with Crippen molar-refractivity contribution in [3.63, 3.8) is 0 Å². The molecule has 0 bridgehead atoms. The predicted octanol–water partition coefficient (Wildman–Crippen LogP) is 1.96. The number of hydrogen-bond donors (Lipinski definition) is 2. The zero-order valence-electron chi connectivity index (χ0n) is 10.9. The van der Waals surface area contributed by atoms with Gasteiger partial charge in [-0.15, -0.1) is 0 Å². The number of H-pyrrole nitrogens is 1. The molecule has 1 aromatic carbocycles. The molecule has 0 saturated heterocycles. The Bertz CT molecular complexity index is 618. The average Bonchev–Trinajstić information content (AvgIpc) is 2.81. The van der Waals surface area contributed by atoms with Gasteiger partial charge in [-0.05, 0) is 6.07 Å². The Morgan fingerprint density at radius 3 is 2.74 bits per heavy atom. The number of hydrogen-bond acceptors (Lipinski definition) is 2. The summed E-state index contributed by atoms with van der Waals surface area (Å²) in [6, 6.07) is 7.52. The molecule has 1 amide bonds. The number of carbonyl (C=O) groups is 2. The molecular formula is C14H16N2O3. The summed E-state index contributed by atoms with van der Waals surface area (Å²) < 4.78 is 0. The van der Waals surface area contributed by atoms with Crippen LogP contribution in [0.25, 0.3) is 10.9 Å². The lowest BCUT2D eigenvalue weighted by Gasteiger charge is -2.19. The number of carboxylic acids is 1. The number of nitrogens with zero attached hydrogens (tertiary/aromatic N) is 1. The van der Waals surface area contributed by atoms with E-state index in [1.54, 1.807) is 20.2 Å². The maximum atomic E-state index is 12.3. The van der Waals surface area contributed by atoms with Crippen LogP contribution in [0.4, 0.5) is 0 Å². The molecular weight excluding hydrogens is 244 g/mol. The number of nitrogens with one attached hydrogen (secondary N) is 1. The Kier molecular flexibility index (Phi) is 3.55. The first kappa shape index (κ1) is 13.1. The molecule has 100 valence electrons.